The van der Waals surface area contributed by atoms with Gasteiger partial charge < -0.3 is 19.3 Å². The fourth-order valence-electron chi connectivity index (χ4n) is 5.02. The summed E-state index contributed by atoms with van der Waals surface area (Å²) >= 11 is 0. The lowest BCUT2D eigenvalue weighted by Gasteiger charge is -2.34. The molecule has 2 aromatic carbocycles. The van der Waals surface area contributed by atoms with Gasteiger partial charge in [-0.3, -0.25) is 4.79 Å². The molecule has 2 heterocycles. The Morgan fingerprint density at radius 2 is 1.76 bits per heavy atom. The van der Waals surface area contributed by atoms with Gasteiger partial charge in [0.05, 0.1) is 19.2 Å². The number of esters is 1. The number of hydrogen-bond acceptors (Lipinski definition) is 7. The molecule has 2 fully saturated rings. The van der Waals surface area contributed by atoms with Crippen LogP contribution in [-0.4, -0.2) is 56.3 Å². The van der Waals surface area contributed by atoms with Crippen molar-refractivity contribution in [3.63, 3.8) is 0 Å². The quantitative estimate of drug-likeness (QED) is 0.353. The highest BCUT2D eigenvalue weighted by Crippen LogP contribution is 2.41. The molecule has 0 radical (unpaired) electrons. The fraction of sp³-hybridized carbons (Fsp3) is 0.500. The molecule has 37 heavy (non-hydrogen) atoms. The van der Waals surface area contributed by atoms with Gasteiger partial charge >= 0.3 is 5.97 Å². The van der Waals surface area contributed by atoms with Crippen LogP contribution in [0.15, 0.2) is 42.5 Å². The summed E-state index contributed by atoms with van der Waals surface area (Å²) in [6, 6.07) is 14.6. The second-order valence-electron chi connectivity index (χ2n) is 9.55. The first-order valence-corrected chi connectivity index (χ1v) is 13.6. The monoisotopic (exact) mass is 504 g/mol. The van der Waals surface area contributed by atoms with Crippen molar-refractivity contribution in [2.24, 2.45) is 0 Å². The van der Waals surface area contributed by atoms with E-state index in [4.69, 9.17) is 19.4 Å². The summed E-state index contributed by atoms with van der Waals surface area (Å²) in [6.07, 6.45) is 4.43. The van der Waals surface area contributed by atoms with Gasteiger partial charge in [0.15, 0.2) is 0 Å². The van der Waals surface area contributed by atoms with Gasteiger partial charge in [0.25, 0.3) is 0 Å². The lowest BCUT2D eigenvalue weighted by atomic mass is 9.88. The molecule has 2 aliphatic rings. The maximum absolute atomic E-state index is 12.0. The van der Waals surface area contributed by atoms with Gasteiger partial charge in [-0.05, 0) is 68.4 Å². The van der Waals surface area contributed by atoms with Gasteiger partial charge in [-0.25, -0.2) is 9.97 Å². The van der Waals surface area contributed by atoms with E-state index in [1.54, 1.807) is 7.11 Å². The van der Waals surface area contributed by atoms with Crippen molar-refractivity contribution in [2.75, 3.05) is 50.2 Å². The number of carbonyl (C=O) groups excluding carboxylic acids is 1. The van der Waals surface area contributed by atoms with Crippen LogP contribution in [0.1, 0.15) is 69.7 Å². The summed E-state index contributed by atoms with van der Waals surface area (Å²) in [6.45, 7) is 8.28. The molecule has 0 spiro atoms. The highest BCUT2D eigenvalue weighted by molar-refractivity contribution is 5.93. The number of rotatable bonds is 8. The number of hydrogen-bond donors (Lipinski definition) is 0. The number of carbonyl (C=O) groups is 1. The van der Waals surface area contributed by atoms with E-state index in [0.717, 1.165) is 59.9 Å². The molecule has 0 N–H and O–H groups in total. The first-order chi connectivity index (χ1) is 18.1. The average molecular weight is 505 g/mol. The van der Waals surface area contributed by atoms with Gasteiger partial charge in [0.1, 0.15) is 23.9 Å². The van der Waals surface area contributed by atoms with Crippen molar-refractivity contribution in [2.45, 2.75) is 58.3 Å². The normalized spacial score (nSPS) is 15.6. The Labute approximate surface area is 220 Å². The number of aromatic nitrogens is 2. The van der Waals surface area contributed by atoms with Crippen LogP contribution in [0.2, 0.25) is 0 Å². The summed E-state index contributed by atoms with van der Waals surface area (Å²) in [5.74, 6) is 3.69. The minimum Gasteiger partial charge on any atom is -0.496 e. The predicted octanol–water partition coefficient (Wildman–Crippen LogP) is 5.93. The van der Waals surface area contributed by atoms with Crippen LogP contribution >= 0.6 is 0 Å². The number of likely N-dealkylation sites (N-methyl/N-ethyl adjacent to an activating group) is 1. The summed E-state index contributed by atoms with van der Waals surface area (Å²) in [5, 5.41) is 1.04. The molecule has 0 atom stereocenters. The van der Waals surface area contributed by atoms with Gasteiger partial charge in [-0.1, -0.05) is 32.0 Å². The fourth-order valence-corrected chi connectivity index (χ4v) is 5.02. The summed E-state index contributed by atoms with van der Waals surface area (Å²) < 4.78 is 10.8. The molecule has 1 saturated carbocycles. The van der Waals surface area contributed by atoms with Crippen molar-refractivity contribution in [1.82, 2.24) is 9.97 Å². The topological polar surface area (TPSA) is 67.8 Å². The van der Waals surface area contributed by atoms with E-state index in [9.17, 15) is 4.79 Å². The van der Waals surface area contributed by atoms with Crippen LogP contribution in [0, 0.1) is 0 Å². The second-order valence-corrected chi connectivity index (χ2v) is 9.55. The molecule has 198 valence electrons. The minimum absolute atomic E-state index is 0.208. The van der Waals surface area contributed by atoms with Crippen molar-refractivity contribution < 1.29 is 14.3 Å². The zero-order valence-corrected chi connectivity index (χ0v) is 22.9. The van der Waals surface area contributed by atoms with Crippen LogP contribution in [0.25, 0.3) is 10.9 Å². The Morgan fingerprint density at radius 3 is 2.43 bits per heavy atom. The Kier molecular flexibility index (Phi) is 8.85. The van der Waals surface area contributed by atoms with Crippen LogP contribution in [0.3, 0.4) is 0 Å². The van der Waals surface area contributed by atoms with Crippen LogP contribution in [-0.2, 0) is 9.53 Å². The summed E-state index contributed by atoms with van der Waals surface area (Å²) in [4.78, 5) is 26.3. The van der Waals surface area contributed by atoms with Crippen molar-refractivity contribution >= 4 is 28.4 Å². The maximum Gasteiger partial charge on any atom is 0.325 e. The van der Waals surface area contributed by atoms with Crippen LogP contribution < -0.4 is 14.5 Å². The zero-order valence-electron chi connectivity index (χ0n) is 22.9. The number of anilines is 2. The van der Waals surface area contributed by atoms with E-state index in [1.165, 1.54) is 18.4 Å². The Morgan fingerprint density at radius 1 is 1.03 bits per heavy atom. The largest absolute Gasteiger partial charge is 0.496 e. The Balaban J connectivity index is 0.00000156. The van der Waals surface area contributed by atoms with Gasteiger partial charge in [-0.15, -0.1) is 0 Å². The van der Waals surface area contributed by atoms with E-state index < -0.39 is 0 Å². The molecule has 7 heteroatoms. The van der Waals surface area contributed by atoms with Gasteiger partial charge in [-0.2, -0.15) is 0 Å². The third-order valence-electron chi connectivity index (χ3n) is 7.10. The number of ether oxygens (including phenoxy) is 2. The molecule has 7 nitrogen and oxygen atoms in total. The van der Waals surface area contributed by atoms with E-state index in [1.807, 2.05) is 44.9 Å². The molecule has 1 aliphatic heterocycles. The molecular weight excluding hydrogens is 464 g/mol. The lowest BCUT2D eigenvalue weighted by molar-refractivity contribution is -0.141. The molecule has 0 amide bonds. The maximum atomic E-state index is 12.0. The molecule has 3 aromatic rings. The minimum atomic E-state index is -0.228. The number of fused-ring (bicyclic) bond motifs is 1. The van der Waals surface area contributed by atoms with Crippen LogP contribution in [0.4, 0.5) is 11.5 Å². The molecule has 1 saturated heterocycles. The SMILES string of the molecule is CC.CCOC(=O)CN(C)c1ccc2nc(C3CC3)nc(N3CCC(c4ccccc4OC)CC3)c2c1. The zero-order chi connectivity index (χ0) is 26.4. The smallest absolute Gasteiger partial charge is 0.325 e. The highest BCUT2D eigenvalue weighted by Gasteiger charge is 2.30. The highest BCUT2D eigenvalue weighted by atomic mass is 16.5. The molecule has 5 rings (SSSR count). The second kappa shape index (κ2) is 12.3. The van der Waals surface area contributed by atoms with Crippen molar-refractivity contribution in [3.8, 4) is 5.75 Å². The number of benzene rings is 2. The third-order valence-corrected chi connectivity index (χ3v) is 7.10. The van der Waals surface area contributed by atoms with Gasteiger partial charge in [0, 0.05) is 37.1 Å². The number of nitrogens with zero attached hydrogens (tertiary/aromatic N) is 4. The van der Waals surface area contributed by atoms with Gasteiger partial charge in [0.2, 0.25) is 0 Å². The standard InChI is InChI=1S/C28H34N4O3.C2H6/c1-4-35-26(33)18-31(2)21-11-12-24-23(17-21)28(30-27(29-24)20-9-10-20)32-15-13-19(14-16-32)22-7-5-6-8-25(22)34-3;1-2/h5-8,11-12,17,19-20H,4,9-10,13-16,18H2,1-3H3;1-2H3. The van der Waals surface area contributed by atoms with Crippen molar-refractivity contribution in [3.05, 3.63) is 53.9 Å². The number of methoxy groups -OCH3 is 1. The van der Waals surface area contributed by atoms with E-state index in [0.29, 0.717) is 18.4 Å². The first-order valence-electron chi connectivity index (χ1n) is 13.6. The van der Waals surface area contributed by atoms with Crippen LogP contribution in [0.5, 0.6) is 5.75 Å². The number of para-hydroxylation sites is 1. The predicted molar refractivity (Wildman–Crippen MR) is 150 cm³/mol. The molecule has 1 aromatic heterocycles. The summed E-state index contributed by atoms with van der Waals surface area (Å²) in [5.41, 5.74) is 3.22. The first kappa shape index (κ1) is 26.7. The lowest BCUT2D eigenvalue weighted by Crippen LogP contribution is -2.34. The molecule has 0 bridgehead atoms. The molecular formula is C30H40N4O3. The molecule has 1 aliphatic carbocycles. The van der Waals surface area contributed by atoms with E-state index >= 15 is 0 Å². The summed E-state index contributed by atoms with van der Waals surface area (Å²) in [7, 11) is 3.66. The average Bonchev–Trinajstić information content (AvgIpc) is 3.79. The van der Waals surface area contributed by atoms with Crippen molar-refractivity contribution in [1.29, 1.82) is 0 Å². The third kappa shape index (κ3) is 6.14. The number of piperidine rings is 1. The Bertz CT molecular complexity index is 1200. The van der Waals surface area contributed by atoms with E-state index in [-0.39, 0.29) is 12.5 Å². The Hall–Kier alpha value is -3.35. The van der Waals surface area contributed by atoms with E-state index in [2.05, 4.69) is 35.2 Å². The molecule has 0 unspecified atom stereocenters.